The van der Waals surface area contributed by atoms with Crippen LogP contribution >= 0.6 is 0 Å². The van der Waals surface area contributed by atoms with Crippen LogP contribution in [0.5, 0.6) is 0 Å². The second kappa shape index (κ2) is 11.7. The van der Waals surface area contributed by atoms with E-state index in [1.165, 1.54) is 32.1 Å². The van der Waals surface area contributed by atoms with Crippen molar-refractivity contribution in [1.82, 2.24) is 0 Å². The highest BCUT2D eigenvalue weighted by molar-refractivity contribution is 5.97. The normalized spacial score (nSPS) is 41.9. The summed E-state index contributed by atoms with van der Waals surface area (Å²) in [6.45, 7) is 6.61. The van der Waals surface area contributed by atoms with Crippen LogP contribution in [-0.4, -0.2) is 36.2 Å². The molecule has 6 rings (SSSR count). The standard InChI is InChI=1S/C25H36O6.4CH4/c1-13-5-4-6-29-21(13)20-19(23(27)30-24(20)28)7-14(2)22(26)31-25(3)17-9-15-8-16(11-17)12-18(25)10-15;;;;/h13-21H,4-12H2,1-3H3;4*1H4. The van der Waals surface area contributed by atoms with Gasteiger partial charge in [0.05, 0.1) is 23.9 Å². The predicted octanol–water partition coefficient (Wildman–Crippen LogP) is 6.45. The molecule has 0 N–H and O–H groups in total. The second-order valence-electron chi connectivity index (χ2n) is 11.4. The van der Waals surface area contributed by atoms with Crippen LogP contribution < -0.4 is 0 Å². The van der Waals surface area contributed by atoms with Gasteiger partial charge in [-0.2, -0.15) is 0 Å². The molecular formula is C29H52O6. The molecule has 0 amide bonds. The van der Waals surface area contributed by atoms with Crippen molar-refractivity contribution in [2.24, 2.45) is 47.3 Å². The van der Waals surface area contributed by atoms with E-state index in [-0.39, 0.29) is 59.7 Å². The van der Waals surface area contributed by atoms with Gasteiger partial charge in [-0.3, -0.25) is 14.4 Å². The summed E-state index contributed by atoms with van der Waals surface area (Å²) in [5, 5.41) is 0. The molecule has 4 saturated carbocycles. The van der Waals surface area contributed by atoms with Crippen molar-refractivity contribution in [3.8, 4) is 0 Å². The Morgan fingerprint density at radius 2 is 1.57 bits per heavy atom. The van der Waals surface area contributed by atoms with E-state index >= 15 is 0 Å². The number of carbonyl (C=O) groups is 3. The van der Waals surface area contributed by atoms with Gasteiger partial charge in [0.25, 0.3) is 0 Å². The maximum Gasteiger partial charge on any atom is 0.320 e. The maximum atomic E-state index is 13.2. The molecule has 6 heteroatoms. The first-order chi connectivity index (χ1) is 14.8. The van der Waals surface area contributed by atoms with Gasteiger partial charge in [-0.05, 0) is 87.9 Å². The van der Waals surface area contributed by atoms with Crippen LogP contribution in [0.1, 0.15) is 102 Å². The molecule has 6 fully saturated rings. The molecule has 2 aliphatic heterocycles. The van der Waals surface area contributed by atoms with E-state index in [1.807, 2.05) is 6.92 Å². The molecule has 0 radical (unpaired) electrons. The lowest BCUT2D eigenvalue weighted by molar-refractivity contribution is -0.207. The third-order valence-corrected chi connectivity index (χ3v) is 9.33. The van der Waals surface area contributed by atoms with Gasteiger partial charge >= 0.3 is 17.9 Å². The van der Waals surface area contributed by atoms with Gasteiger partial charge in [-0.25, -0.2) is 0 Å². The van der Waals surface area contributed by atoms with Crippen LogP contribution in [0.3, 0.4) is 0 Å². The summed E-state index contributed by atoms with van der Waals surface area (Å²) in [5.74, 6) is -0.232. The lowest BCUT2D eigenvalue weighted by Crippen LogP contribution is -2.58. The number of rotatable bonds is 5. The molecule has 35 heavy (non-hydrogen) atoms. The van der Waals surface area contributed by atoms with Crippen molar-refractivity contribution in [3.05, 3.63) is 0 Å². The average molecular weight is 497 g/mol. The van der Waals surface area contributed by atoms with E-state index in [0.29, 0.717) is 18.4 Å². The first-order valence-electron chi connectivity index (χ1n) is 12.4. The molecule has 0 spiro atoms. The van der Waals surface area contributed by atoms with E-state index in [2.05, 4.69) is 13.8 Å². The quantitative estimate of drug-likeness (QED) is 0.322. The van der Waals surface area contributed by atoms with Crippen LogP contribution in [0.25, 0.3) is 0 Å². The van der Waals surface area contributed by atoms with E-state index in [9.17, 15) is 14.4 Å². The second-order valence-corrected chi connectivity index (χ2v) is 11.4. The van der Waals surface area contributed by atoms with Crippen molar-refractivity contribution in [1.29, 1.82) is 0 Å². The number of cyclic esters (lactones) is 2. The minimum Gasteiger partial charge on any atom is -0.459 e. The highest BCUT2D eigenvalue weighted by atomic mass is 16.6. The minimum absolute atomic E-state index is 0. The van der Waals surface area contributed by atoms with Crippen molar-refractivity contribution >= 4 is 17.9 Å². The number of ether oxygens (including phenoxy) is 3. The third kappa shape index (κ3) is 5.47. The molecule has 4 aliphatic carbocycles. The van der Waals surface area contributed by atoms with Gasteiger partial charge in [0.15, 0.2) is 0 Å². The summed E-state index contributed by atoms with van der Waals surface area (Å²) in [7, 11) is 0. The van der Waals surface area contributed by atoms with Crippen molar-refractivity contribution in [2.75, 3.05) is 6.61 Å². The Hall–Kier alpha value is -1.43. The molecule has 5 atom stereocenters. The summed E-state index contributed by atoms with van der Waals surface area (Å²) in [6, 6.07) is 0. The Bertz CT molecular complexity index is 732. The van der Waals surface area contributed by atoms with Crippen molar-refractivity contribution < 1.29 is 28.6 Å². The molecule has 6 nitrogen and oxygen atoms in total. The summed E-state index contributed by atoms with van der Waals surface area (Å²) in [5.41, 5.74) is -0.384. The fraction of sp³-hybridized carbons (Fsp3) is 0.897. The monoisotopic (exact) mass is 496 g/mol. The Kier molecular flexibility index (Phi) is 10.6. The molecule has 5 unspecified atom stereocenters. The summed E-state index contributed by atoms with van der Waals surface area (Å²) in [4.78, 5) is 38.2. The molecule has 2 saturated heterocycles. The van der Waals surface area contributed by atoms with Crippen LogP contribution in [0.4, 0.5) is 0 Å². The smallest absolute Gasteiger partial charge is 0.320 e. The maximum absolute atomic E-state index is 13.2. The van der Waals surface area contributed by atoms with Gasteiger partial charge < -0.3 is 14.2 Å². The highest BCUT2D eigenvalue weighted by Crippen LogP contribution is 2.59. The Balaban J connectivity index is 0.00000153. The van der Waals surface area contributed by atoms with E-state index in [4.69, 9.17) is 14.2 Å². The Morgan fingerprint density at radius 3 is 2.11 bits per heavy atom. The SMILES string of the molecule is C.C.C.C.CC(CC1C(=O)OC(=O)C1C1OCCCC1C)C(=O)OC1(C)C2CC3CC(C2)CC1C3. The minimum atomic E-state index is -0.632. The highest BCUT2D eigenvalue weighted by Gasteiger charge is 2.57. The molecule has 4 bridgehead atoms. The molecule has 6 aliphatic rings. The van der Waals surface area contributed by atoms with Gasteiger partial charge in [0.1, 0.15) is 5.60 Å². The van der Waals surface area contributed by atoms with Gasteiger partial charge in [-0.1, -0.05) is 43.6 Å². The van der Waals surface area contributed by atoms with Crippen LogP contribution in [0, 0.1) is 47.3 Å². The van der Waals surface area contributed by atoms with Gasteiger partial charge in [0.2, 0.25) is 0 Å². The first kappa shape index (κ1) is 31.6. The van der Waals surface area contributed by atoms with Gasteiger partial charge in [-0.15, -0.1) is 0 Å². The zero-order chi connectivity index (χ0) is 21.9. The molecule has 0 aromatic carbocycles. The van der Waals surface area contributed by atoms with Crippen LogP contribution in [0.15, 0.2) is 0 Å². The summed E-state index contributed by atoms with van der Waals surface area (Å²) in [6.07, 6.45) is 7.94. The fourth-order valence-electron chi connectivity index (χ4n) is 7.65. The molecular weight excluding hydrogens is 444 g/mol. The number of carbonyl (C=O) groups excluding carboxylic acids is 3. The van der Waals surface area contributed by atoms with E-state index in [1.54, 1.807) is 0 Å². The molecule has 0 aromatic rings. The lowest BCUT2D eigenvalue weighted by atomic mass is 9.50. The first-order valence-corrected chi connectivity index (χ1v) is 12.4. The lowest BCUT2D eigenvalue weighted by Gasteiger charge is -2.59. The fourth-order valence-corrected chi connectivity index (χ4v) is 7.65. The van der Waals surface area contributed by atoms with Gasteiger partial charge in [0, 0.05) is 6.61 Å². The van der Waals surface area contributed by atoms with Crippen molar-refractivity contribution in [3.63, 3.8) is 0 Å². The molecule has 2 heterocycles. The van der Waals surface area contributed by atoms with Crippen molar-refractivity contribution in [2.45, 2.75) is 114 Å². The zero-order valence-electron chi connectivity index (χ0n) is 19.0. The molecule has 0 aromatic heterocycles. The average Bonchev–Trinajstić information content (AvgIpc) is 2.99. The zero-order valence-corrected chi connectivity index (χ0v) is 19.0. The molecule has 204 valence electrons. The predicted molar refractivity (Wildman–Crippen MR) is 138 cm³/mol. The largest absolute Gasteiger partial charge is 0.459 e. The summed E-state index contributed by atoms with van der Waals surface area (Å²) >= 11 is 0. The third-order valence-electron chi connectivity index (χ3n) is 9.33. The van der Waals surface area contributed by atoms with Crippen LogP contribution in [-0.2, 0) is 28.6 Å². The Morgan fingerprint density at radius 1 is 1.00 bits per heavy atom. The van der Waals surface area contributed by atoms with E-state index in [0.717, 1.165) is 24.7 Å². The Labute approximate surface area is 214 Å². The summed E-state index contributed by atoms with van der Waals surface area (Å²) < 4.78 is 17.1. The number of hydrogen-bond donors (Lipinski definition) is 0. The number of hydrogen-bond acceptors (Lipinski definition) is 6. The van der Waals surface area contributed by atoms with E-state index < -0.39 is 29.7 Å². The number of esters is 3. The topological polar surface area (TPSA) is 78.9 Å². The van der Waals surface area contributed by atoms with Crippen LogP contribution in [0.2, 0.25) is 0 Å².